The van der Waals surface area contributed by atoms with Gasteiger partial charge in [0.05, 0.1) is 20.8 Å². The van der Waals surface area contributed by atoms with Crippen molar-refractivity contribution in [2.75, 3.05) is 20.8 Å². The van der Waals surface area contributed by atoms with E-state index in [1.54, 1.807) is 12.1 Å². The maximum absolute atomic E-state index is 11.1. The second-order valence-electron chi connectivity index (χ2n) is 3.61. The number of rotatable bonds is 7. The molecular formula is C12H17NO5. The Kier molecular flexibility index (Phi) is 5.93. The first-order chi connectivity index (χ1) is 8.67. The number of nitrogens with one attached hydrogen (secondary N) is 1. The molecule has 0 fully saturated rings. The van der Waals surface area contributed by atoms with Crippen molar-refractivity contribution >= 4 is 11.9 Å². The van der Waals surface area contributed by atoms with Gasteiger partial charge in [0.25, 0.3) is 0 Å². The minimum absolute atomic E-state index is 0.184. The van der Waals surface area contributed by atoms with E-state index in [9.17, 15) is 9.59 Å². The molecule has 0 aliphatic rings. The molecule has 0 aliphatic carbocycles. The Balaban J connectivity index is 2.21. The SMILES string of the molecule is COC(=O)CCCNCc1ccc(C(=O)OC)o1. The molecule has 0 unspecified atom stereocenters. The molecule has 1 aromatic rings. The number of hydrogen-bond acceptors (Lipinski definition) is 6. The molecule has 0 amide bonds. The van der Waals surface area contributed by atoms with Gasteiger partial charge in [0.15, 0.2) is 0 Å². The summed E-state index contributed by atoms with van der Waals surface area (Å²) >= 11 is 0. The molecular weight excluding hydrogens is 238 g/mol. The van der Waals surface area contributed by atoms with E-state index in [4.69, 9.17) is 4.42 Å². The first kappa shape index (κ1) is 14.2. The fourth-order valence-corrected chi connectivity index (χ4v) is 1.35. The Hall–Kier alpha value is -1.82. The van der Waals surface area contributed by atoms with Crippen molar-refractivity contribution in [2.45, 2.75) is 19.4 Å². The maximum atomic E-state index is 11.1. The highest BCUT2D eigenvalue weighted by molar-refractivity contribution is 5.86. The fourth-order valence-electron chi connectivity index (χ4n) is 1.35. The normalized spacial score (nSPS) is 10.1. The summed E-state index contributed by atoms with van der Waals surface area (Å²) in [7, 11) is 2.67. The van der Waals surface area contributed by atoms with Crippen LogP contribution in [0.5, 0.6) is 0 Å². The van der Waals surface area contributed by atoms with Crippen molar-refractivity contribution in [3.05, 3.63) is 23.7 Å². The average Bonchev–Trinajstić information content (AvgIpc) is 2.85. The van der Waals surface area contributed by atoms with E-state index >= 15 is 0 Å². The molecule has 0 saturated heterocycles. The van der Waals surface area contributed by atoms with Gasteiger partial charge < -0.3 is 19.2 Å². The summed E-state index contributed by atoms with van der Waals surface area (Å²) in [5, 5.41) is 3.10. The lowest BCUT2D eigenvalue weighted by atomic mass is 10.3. The monoisotopic (exact) mass is 255 g/mol. The molecule has 100 valence electrons. The van der Waals surface area contributed by atoms with Gasteiger partial charge >= 0.3 is 11.9 Å². The van der Waals surface area contributed by atoms with Gasteiger partial charge in [0, 0.05) is 6.42 Å². The van der Waals surface area contributed by atoms with Crippen LogP contribution in [0.3, 0.4) is 0 Å². The Bertz CT molecular complexity index is 399. The van der Waals surface area contributed by atoms with Gasteiger partial charge in [-0.05, 0) is 25.1 Å². The first-order valence-electron chi connectivity index (χ1n) is 5.62. The van der Waals surface area contributed by atoms with Crippen LogP contribution in [-0.4, -0.2) is 32.7 Å². The van der Waals surface area contributed by atoms with Crippen LogP contribution in [-0.2, 0) is 20.8 Å². The van der Waals surface area contributed by atoms with E-state index < -0.39 is 5.97 Å². The van der Waals surface area contributed by atoms with Crippen molar-refractivity contribution in [1.29, 1.82) is 0 Å². The zero-order valence-electron chi connectivity index (χ0n) is 10.5. The molecule has 0 atom stereocenters. The van der Waals surface area contributed by atoms with Crippen molar-refractivity contribution in [3.63, 3.8) is 0 Å². The van der Waals surface area contributed by atoms with Gasteiger partial charge in [-0.1, -0.05) is 0 Å². The molecule has 0 spiro atoms. The Morgan fingerprint density at radius 2 is 2.06 bits per heavy atom. The van der Waals surface area contributed by atoms with Gasteiger partial charge in [0.1, 0.15) is 5.76 Å². The number of esters is 2. The number of furan rings is 1. The van der Waals surface area contributed by atoms with Gasteiger partial charge in [-0.2, -0.15) is 0 Å². The zero-order chi connectivity index (χ0) is 13.4. The predicted octanol–water partition coefficient (Wildman–Crippen LogP) is 1.11. The summed E-state index contributed by atoms with van der Waals surface area (Å²) < 4.78 is 14.3. The van der Waals surface area contributed by atoms with Gasteiger partial charge in [0.2, 0.25) is 5.76 Å². The lowest BCUT2D eigenvalue weighted by Crippen LogP contribution is -2.15. The molecule has 0 saturated carbocycles. The van der Waals surface area contributed by atoms with Crippen molar-refractivity contribution in [2.24, 2.45) is 0 Å². The van der Waals surface area contributed by atoms with Crippen molar-refractivity contribution in [3.8, 4) is 0 Å². The van der Waals surface area contributed by atoms with E-state index in [1.807, 2.05) is 0 Å². The molecule has 0 aliphatic heterocycles. The second-order valence-corrected chi connectivity index (χ2v) is 3.61. The standard InChI is InChI=1S/C12H17NO5/c1-16-11(14)4-3-7-13-8-9-5-6-10(18-9)12(15)17-2/h5-6,13H,3-4,7-8H2,1-2H3. The van der Waals surface area contributed by atoms with Gasteiger partial charge in [-0.15, -0.1) is 0 Å². The molecule has 1 aromatic heterocycles. The Morgan fingerprint density at radius 3 is 2.72 bits per heavy atom. The highest BCUT2D eigenvalue weighted by Gasteiger charge is 2.10. The summed E-state index contributed by atoms with van der Waals surface area (Å²) in [5.41, 5.74) is 0. The number of ether oxygens (including phenoxy) is 2. The minimum Gasteiger partial charge on any atom is -0.469 e. The van der Waals surface area contributed by atoms with Crippen LogP contribution in [0.25, 0.3) is 0 Å². The zero-order valence-corrected chi connectivity index (χ0v) is 10.5. The molecule has 0 bridgehead atoms. The van der Waals surface area contributed by atoms with E-state index in [2.05, 4.69) is 14.8 Å². The van der Waals surface area contributed by atoms with E-state index in [0.717, 1.165) is 0 Å². The molecule has 6 nitrogen and oxygen atoms in total. The van der Waals surface area contributed by atoms with Crippen molar-refractivity contribution in [1.82, 2.24) is 5.32 Å². The highest BCUT2D eigenvalue weighted by Crippen LogP contribution is 2.08. The summed E-state index contributed by atoms with van der Waals surface area (Å²) in [5.74, 6) is 0.118. The number of hydrogen-bond donors (Lipinski definition) is 1. The summed E-state index contributed by atoms with van der Waals surface area (Å²) in [6, 6.07) is 3.27. The van der Waals surface area contributed by atoms with Crippen LogP contribution < -0.4 is 5.32 Å². The molecule has 1 N–H and O–H groups in total. The Labute approximate surface area is 105 Å². The lowest BCUT2D eigenvalue weighted by molar-refractivity contribution is -0.140. The average molecular weight is 255 g/mol. The molecule has 1 heterocycles. The smallest absolute Gasteiger partial charge is 0.373 e. The predicted molar refractivity (Wildman–Crippen MR) is 63.0 cm³/mol. The maximum Gasteiger partial charge on any atom is 0.373 e. The van der Waals surface area contributed by atoms with E-state index in [1.165, 1.54) is 14.2 Å². The summed E-state index contributed by atoms with van der Waals surface area (Å²) in [6.07, 6.45) is 1.08. The number of methoxy groups -OCH3 is 2. The summed E-state index contributed by atoms with van der Waals surface area (Å²) in [6.45, 7) is 1.17. The van der Waals surface area contributed by atoms with Crippen LogP contribution in [0.4, 0.5) is 0 Å². The van der Waals surface area contributed by atoms with Crippen LogP contribution in [0, 0.1) is 0 Å². The van der Waals surface area contributed by atoms with Gasteiger partial charge in [-0.3, -0.25) is 4.79 Å². The first-order valence-corrected chi connectivity index (χ1v) is 5.62. The fraction of sp³-hybridized carbons (Fsp3) is 0.500. The molecule has 18 heavy (non-hydrogen) atoms. The third kappa shape index (κ3) is 4.58. The molecule has 0 aromatic carbocycles. The quantitative estimate of drug-likeness (QED) is 0.581. The van der Waals surface area contributed by atoms with Crippen LogP contribution >= 0.6 is 0 Å². The van der Waals surface area contributed by atoms with E-state index in [0.29, 0.717) is 31.7 Å². The van der Waals surface area contributed by atoms with Crippen molar-refractivity contribution < 1.29 is 23.5 Å². The largest absolute Gasteiger partial charge is 0.469 e. The van der Waals surface area contributed by atoms with Crippen LogP contribution in [0.1, 0.15) is 29.2 Å². The lowest BCUT2D eigenvalue weighted by Gasteiger charge is -2.02. The second kappa shape index (κ2) is 7.50. The van der Waals surface area contributed by atoms with Crippen LogP contribution in [0.2, 0.25) is 0 Å². The molecule has 6 heteroatoms. The molecule has 0 radical (unpaired) electrons. The third-order valence-electron chi connectivity index (χ3n) is 2.31. The Morgan fingerprint density at radius 1 is 1.28 bits per heavy atom. The third-order valence-corrected chi connectivity index (χ3v) is 2.31. The number of carbonyl (C=O) groups excluding carboxylic acids is 2. The highest BCUT2D eigenvalue weighted by atomic mass is 16.5. The minimum atomic E-state index is -0.494. The van der Waals surface area contributed by atoms with Gasteiger partial charge in [-0.25, -0.2) is 4.79 Å². The van der Waals surface area contributed by atoms with Crippen LogP contribution in [0.15, 0.2) is 16.5 Å². The number of carbonyl (C=O) groups is 2. The summed E-state index contributed by atoms with van der Waals surface area (Å²) in [4.78, 5) is 22.0. The topological polar surface area (TPSA) is 77.8 Å². The van der Waals surface area contributed by atoms with E-state index in [-0.39, 0.29) is 11.7 Å². The molecule has 1 rings (SSSR count).